The van der Waals surface area contributed by atoms with Crippen LogP contribution in [0.1, 0.15) is 11.8 Å². The fourth-order valence-electron chi connectivity index (χ4n) is 1.24. The largest absolute Gasteiger partial charge is 0.278 e. The molecule has 0 amide bonds. The highest BCUT2D eigenvalue weighted by atomic mass is 35.5. The van der Waals surface area contributed by atoms with Gasteiger partial charge in [0.15, 0.2) is 0 Å². The summed E-state index contributed by atoms with van der Waals surface area (Å²) in [5.41, 5.74) is 4.77. The molecule has 0 saturated carbocycles. The number of benzene rings is 1. The summed E-state index contributed by atoms with van der Waals surface area (Å²) >= 11 is 13.2. The van der Waals surface area contributed by atoms with E-state index >= 15 is 0 Å². The first-order chi connectivity index (χ1) is 8.15. The summed E-state index contributed by atoms with van der Waals surface area (Å²) in [5, 5.41) is 4.99. The molecular weight excluding hydrogens is 275 g/mol. The molecule has 0 atom stereocenters. The van der Waals surface area contributed by atoms with Crippen LogP contribution in [0.2, 0.25) is 9.36 Å². The minimum atomic E-state index is 0.710. The molecule has 0 radical (unpaired) electrons. The maximum atomic E-state index is 5.87. The summed E-state index contributed by atoms with van der Waals surface area (Å²) in [6, 6.07) is 11.2. The van der Waals surface area contributed by atoms with E-state index in [2.05, 4.69) is 10.5 Å². The molecule has 0 unspecified atom stereocenters. The zero-order chi connectivity index (χ0) is 12.3. The number of rotatable bonds is 3. The van der Waals surface area contributed by atoms with Crippen molar-refractivity contribution in [3.63, 3.8) is 0 Å². The van der Waals surface area contributed by atoms with Crippen molar-refractivity contribution in [3.05, 3.63) is 50.6 Å². The second-order valence-corrected chi connectivity index (χ2v) is 5.57. The fraction of sp³-hybridized carbons (Fsp3) is 0.0833. The molecule has 2 rings (SSSR count). The van der Waals surface area contributed by atoms with Gasteiger partial charge in [0, 0.05) is 5.02 Å². The number of hydrogen-bond acceptors (Lipinski definition) is 3. The maximum Gasteiger partial charge on any atom is 0.0935 e. The highest BCUT2D eigenvalue weighted by Gasteiger charge is 2.01. The molecule has 1 aromatic carbocycles. The molecule has 0 fully saturated rings. The number of anilines is 1. The molecule has 0 aliphatic rings. The van der Waals surface area contributed by atoms with Gasteiger partial charge in [0.25, 0.3) is 0 Å². The second kappa shape index (κ2) is 5.54. The van der Waals surface area contributed by atoms with E-state index in [1.807, 2.05) is 43.3 Å². The predicted molar refractivity (Wildman–Crippen MR) is 76.6 cm³/mol. The Kier molecular flexibility index (Phi) is 4.05. The summed E-state index contributed by atoms with van der Waals surface area (Å²) in [6.45, 7) is 1.94. The Morgan fingerprint density at radius 3 is 2.41 bits per heavy atom. The smallest absolute Gasteiger partial charge is 0.0935 e. The van der Waals surface area contributed by atoms with Crippen molar-refractivity contribution in [2.24, 2.45) is 5.10 Å². The average Bonchev–Trinajstić information content (AvgIpc) is 2.75. The molecular formula is C12H10Cl2N2S. The van der Waals surface area contributed by atoms with E-state index in [-0.39, 0.29) is 0 Å². The van der Waals surface area contributed by atoms with Crippen molar-refractivity contribution in [2.45, 2.75) is 6.92 Å². The Labute approximate surface area is 114 Å². The van der Waals surface area contributed by atoms with Gasteiger partial charge in [0.1, 0.15) is 0 Å². The highest BCUT2D eigenvalue weighted by Crippen LogP contribution is 2.22. The number of halogens is 2. The normalized spacial score (nSPS) is 11.6. The van der Waals surface area contributed by atoms with Gasteiger partial charge < -0.3 is 0 Å². The van der Waals surface area contributed by atoms with E-state index in [4.69, 9.17) is 23.2 Å². The molecule has 0 saturated heterocycles. The van der Waals surface area contributed by atoms with Gasteiger partial charge in [-0.25, -0.2) is 0 Å². The molecule has 17 heavy (non-hydrogen) atoms. The summed E-state index contributed by atoms with van der Waals surface area (Å²) in [7, 11) is 0. The number of hydrazone groups is 1. The molecule has 88 valence electrons. The van der Waals surface area contributed by atoms with Gasteiger partial charge >= 0.3 is 0 Å². The molecule has 2 nitrogen and oxygen atoms in total. The van der Waals surface area contributed by atoms with Gasteiger partial charge in [-0.15, -0.1) is 11.3 Å². The van der Waals surface area contributed by atoms with Crippen LogP contribution < -0.4 is 5.43 Å². The van der Waals surface area contributed by atoms with Crippen LogP contribution in [0.5, 0.6) is 0 Å². The van der Waals surface area contributed by atoms with E-state index in [1.165, 1.54) is 11.3 Å². The molecule has 0 bridgehead atoms. The summed E-state index contributed by atoms with van der Waals surface area (Å²) < 4.78 is 0.765. The zero-order valence-corrected chi connectivity index (χ0v) is 11.4. The minimum Gasteiger partial charge on any atom is -0.278 e. The first-order valence-electron chi connectivity index (χ1n) is 4.97. The second-order valence-electron chi connectivity index (χ2n) is 3.42. The Morgan fingerprint density at radius 2 is 1.82 bits per heavy atom. The summed E-state index contributed by atoms with van der Waals surface area (Å²) in [4.78, 5) is 1.05. The minimum absolute atomic E-state index is 0.710. The third-order valence-corrected chi connectivity index (χ3v) is 3.72. The lowest BCUT2D eigenvalue weighted by Gasteiger charge is -2.01. The van der Waals surface area contributed by atoms with Crippen molar-refractivity contribution in [1.82, 2.24) is 0 Å². The van der Waals surface area contributed by atoms with Crippen LogP contribution in [0.15, 0.2) is 41.5 Å². The topological polar surface area (TPSA) is 24.4 Å². The Bertz CT molecular complexity index is 532. The number of hydrogen-bond donors (Lipinski definition) is 1. The fourth-order valence-corrected chi connectivity index (χ4v) is 2.35. The van der Waals surface area contributed by atoms with Crippen molar-refractivity contribution in [3.8, 4) is 0 Å². The zero-order valence-electron chi connectivity index (χ0n) is 9.08. The van der Waals surface area contributed by atoms with Crippen LogP contribution in [0.4, 0.5) is 5.69 Å². The molecule has 5 heteroatoms. The van der Waals surface area contributed by atoms with E-state index < -0.39 is 0 Å². The third kappa shape index (κ3) is 3.46. The van der Waals surface area contributed by atoms with Crippen molar-refractivity contribution >= 4 is 45.9 Å². The Hall–Kier alpha value is -1.03. The van der Waals surface area contributed by atoms with Crippen LogP contribution in [0.25, 0.3) is 0 Å². The number of thiophene rings is 1. The lowest BCUT2D eigenvalue weighted by atomic mass is 10.3. The quantitative estimate of drug-likeness (QED) is 0.630. The Balaban J connectivity index is 2.08. The maximum absolute atomic E-state index is 5.87. The van der Waals surface area contributed by atoms with Gasteiger partial charge in [-0.05, 0) is 43.3 Å². The van der Waals surface area contributed by atoms with Crippen LogP contribution in [-0.2, 0) is 0 Å². The van der Waals surface area contributed by atoms with Gasteiger partial charge in [0.05, 0.1) is 20.6 Å². The first kappa shape index (κ1) is 12.4. The first-order valence-corrected chi connectivity index (χ1v) is 6.54. The third-order valence-electron chi connectivity index (χ3n) is 2.13. The highest BCUT2D eigenvalue weighted by molar-refractivity contribution is 7.18. The summed E-state index contributed by atoms with van der Waals surface area (Å²) in [6.07, 6.45) is 0. The predicted octanol–water partition coefficient (Wildman–Crippen LogP) is 4.89. The molecule has 0 aliphatic carbocycles. The average molecular weight is 285 g/mol. The van der Waals surface area contributed by atoms with E-state index in [9.17, 15) is 0 Å². The molecule has 0 spiro atoms. The van der Waals surface area contributed by atoms with Crippen LogP contribution >= 0.6 is 34.5 Å². The van der Waals surface area contributed by atoms with Crippen LogP contribution in [0.3, 0.4) is 0 Å². The van der Waals surface area contributed by atoms with Gasteiger partial charge in [-0.1, -0.05) is 23.2 Å². The van der Waals surface area contributed by atoms with Crippen molar-refractivity contribution < 1.29 is 0 Å². The van der Waals surface area contributed by atoms with Crippen molar-refractivity contribution in [2.75, 3.05) is 5.43 Å². The van der Waals surface area contributed by atoms with Crippen LogP contribution in [0, 0.1) is 0 Å². The molecule has 2 aromatic rings. The molecule has 1 N–H and O–H groups in total. The van der Waals surface area contributed by atoms with Gasteiger partial charge in [-0.3, -0.25) is 5.43 Å². The van der Waals surface area contributed by atoms with Crippen molar-refractivity contribution in [1.29, 1.82) is 0 Å². The molecule has 1 heterocycles. The standard InChI is InChI=1S/C12H10Cl2N2S/c1-8(11-6-7-12(14)17-11)15-16-10-4-2-9(13)3-5-10/h2-7,16H,1H3/b15-8+. The monoisotopic (exact) mass is 284 g/mol. The van der Waals surface area contributed by atoms with E-state index in [0.717, 1.165) is 20.6 Å². The number of nitrogens with zero attached hydrogens (tertiary/aromatic N) is 1. The lowest BCUT2D eigenvalue weighted by molar-refractivity contribution is 1.33. The summed E-state index contributed by atoms with van der Waals surface area (Å²) in [5.74, 6) is 0. The SMILES string of the molecule is C/C(=N\Nc1ccc(Cl)cc1)c1ccc(Cl)s1. The molecule has 0 aliphatic heterocycles. The molecule has 1 aromatic heterocycles. The van der Waals surface area contributed by atoms with Gasteiger partial charge in [-0.2, -0.15) is 5.10 Å². The Morgan fingerprint density at radius 1 is 1.12 bits per heavy atom. The lowest BCUT2D eigenvalue weighted by Crippen LogP contribution is -1.96. The van der Waals surface area contributed by atoms with E-state index in [0.29, 0.717) is 5.02 Å². The van der Waals surface area contributed by atoms with Gasteiger partial charge in [0.2, 0.25) is 0 Å². The van der Waals surface area contributed by atoms with E-state index in [1.54, 1.807) is 0 Å². The van der Waals surface area contributed by atoms with Crippen LogP contribution in [-0.4, -0.2) is 5.71 Å². The number of nitrogens with one attached hydrogen (secondary N) is 1.